The van der Waals surface area contributed by atoms with Gasteiger partial charge in [0.15, 0.2) is 0 Å². The summed E-state index contributed by atoms with van der Waals surface area (Å²) in [5, 5.41) is 11.7. The molecule has 0 bridgehead atoms. The number of likely N-dealkylation sites (tertiary alicyclic amines) is 1. The van der Waals surface area contributed by atoms with Crippen molar-refractivity contribution < 1.29 is 9.59 Å². The molecule has 0 radical (unpaired) electrons. The van der Waals surface area contributed by atoms with Gasteiger partial charge in [-0.2, -0.15) is 10.2 Å². The largest absolute Gasteiger partial charge is 0.339 e. The van der Waals surface area contributed by atoms with Gasteiger partial charge in [0.05, 0.1) is 11.4 Å². The first-order valence-electron chi connectivity index (χ1n) is 13.2. The number of carbonyl (C=O) groups excluding carboxylic acids is 2. The normalized spacial score (nSPS) is 14.2. The highest BCUT2D eigenvalue weighted by Crippen LogP contribution is 2.30. The molecule has 1 aliphatic heterocycles. The lowest BCUT2D eigenvalue weighted by Gasteiger charge is -2.32. The van der Waals surface area contributed by atoms with E-state index in [0.29, 0.717) is 36.8 Å². The summed E-state index contributed by atoms with van der Waals surface area (Å²) in [7, 11) is 0. The second-order valence-electron chi connectivity index (χ2n) is 9.96. The van der Waals surface area contributed by atoms with Crippen molar-refractivity contribution in [1.29, 1.82) is 0 Å². The summed E-state index contributed by atoms with van der Waals surface area (Å²) in [5.41, 5.74) is 4.94. The Morgan fingerprint density at radius 1 is 1.05 bits per heavy atom. The topological polar surface area (TPSA) is 97.9 Å². The second kappa shape index (κ2) is 11.0. The SMILES string of the molecule is CCn1nc(C(C)C)cc1C(=O)Nc1ccc(C2CCN(C(=O)c3cccc(-n4cncn4)c3)CC2)cc1. The molecule has 1 aliphatic rings. The van der Waals surface area contributed by atoms with E-state index in [9.17, 15) is 9.59 Å². The number of nitrogens with one attached hydrogen (secondary N) is 1. The molecule has 2 aromatic carbocycles. The first kappa shape index (κ1) is 25.4. The van der Waals surface area contributed by atoms with E-state index in [0.717, 1.165) is 29.9 Å². The number of nitrogens with zero attached hydrogens (tertiary/aromatic N) is 6. The Morgan fingerprint density at radius 2 is 1.82 bits per heavy atom. The van der Waals surface area contributed by atoms with Crippen LogP contribution in [0.15, 0.2) is 67.3 Å². The predicted octanol–water partition coefficient (Wildman–Crippen LogP) is 4.88. The fourth-order valence-electron chi connectivity index (χ4n) is 4.90. The molecule has 0 atom stereocenters. The standard InChI is InChI=1S/C29H33N7O2/c1-4-35-27(17-26(33-35)20(2)3)28(37)32-24-10-8-21(9-11-24)22-12-14-34(15-13-22)29(38)23-6-5-7-25(16-23)36-19-30-18-31-36/h5-11,16-20,22H,4,12-15H2,1-3H3,(H,32,37). The van der Waals surface area contributed by atoms with Crippen LogP contribution in [0.1, 0.15) is 77.6 Å². The Morgan fingerprint density at radius 3 is 2.47 bits per heavy atom. The van der Waals surface area contributed by atoms with Crippen molar-refractivity contribution in [1.82, 2.24) is 29.4 Å². The van der Waals surface area contributed by atoms with Gasteiger partial charge in [-0.25, -0.2) is 9.67 Å². The molecule has 4 aromatic rings. The van der Waals surface area contributed by atoms with E-state index in [4.69, 9.17) is 0 Å². The minimum atomic E-state index is -0.154. The summed E-state index contributed by atoms with van der Waals surface area (Å²) in [4.78, 5) is 32.0. The van der Waals surface area contributed by atoms with Crippen molar-refractivity contribution in [3.05, 3.63) is 89.8 Å². The molecule has 1 saturated heterocycles. The predicted molar refractivity (Wildman–Crippen MR) is 146 cm³/mol. The second-order valence-corrected chi connectivity index (χ2v) is 9.96. The molecule has 0 spiro atoms. The molecular formula is C29H33N7O2. The van der Waals surface area contributed by atoms with Gasteiger partial charge in [0, 0.05) is 30.9 Å². The maximum atomic E-state index is 13.1. The van der Waals surface area contributed by atoms with Crippen LogP contribution in [0.2, 0.25) is 0 Å². The minimum Gasteiger partial charge on any atom is -0.339 e. The first-order valence-corrected chi connectivity index (χ1v) is 13.2. The highest BCUT2D eigenvalue weighted by atomic mass is 16.2. The molecule has 3 heterocycles. The van der Waals surface area contributed by atoms with Gasteiger partial charge in [0.2, 0.25) is 0 Å². The number of amides is 2. The Labute approximate surface area is 222 Å². The lowest BCUT2D eigenvalue weighted by atomic mass is 9.89. The zero-order valence-corrected chi connectivity index (χ0v) is 22.0. The van der Waals surface area contributed by atoms with E-state index in [-0.39, 0.29) is 17.7 Å². The molecule has 9 nitrogen and oxygen atoms in total. The van der Waals surface area contributed by atoms with Gasteiger partial charge in [-0.3, -0.25) is 14.3 Å². The van der Waals surface area contributed by atoms with Gasteiger partial charge in [-0.15, -0.1) is 0 Å². The van der Waals surface area contributed by atoms with Gasteiger partial charge in [0.25, 0.3) is 11.8 Å². The monoisotopic (exact) mass is 511 g/mol. The van der Waals surface area contributed by atoms with Crippen LogP contribution in [0.3, 0.4) is 0 Å². The van der Waals surface area contributed by atoms with Crippen molar-refractivity contribution in [2.75, 3.05) is 18.4 Å². The van der Waals surface area contributed by atoms with Crippen LogP contribution in [0.25, 0.3) is 5.69 Å². The number of aryl methyl sites for hydroxylation is 1. The number of hydrogen-bond acceptors (Lipinski definition) is 5. The van der Waals surface area contributed by atoms with Crippen molar-refractivity contribution >= 4 is 17.5 Å². The smallest absolute Gasteiger partial charge is 0.273 e. The first-order chi connectivity index (χ1) is 18.4. The molecule has 0 unspecified atom stereocenters. The fraction of sp³-hybridized carbons (Fsp3) is 0.345. The van der Waals surface area contributed by atoms with E-state index in [1.54, 1.807) is 15.7 Å². The van der Waals surface area contributed by atoms with Crippen LogP contribution >= 0.6 is 0 Å². The third kappa shape index (κ3) is 5.37. The van der Waals surface area contributed by atoms with E-state index in [1.165, 1.54) is 11.9 Å². The Balaban J connectivity index is 1.18. The summed E-state index contributed by atoms with van der Waals surface area (Å²) >= 11 is 0. The summed E-state index contributed by atoms with van der Waals surface area (Å²) < 4.78 is 3.40. The lowest BCUT2D eigenvalue weighted by Crippen LogP contribution is -2.37. The maximum absolute atomic E-state index is 13.1. The number of aromatic nitrogens is 5. The molecule has 5 rings (SSSR count). The Kier molecular flexibility index (Phi) is 7.35. The number of anilines is 1. The van der Waals surface area contributed by atoms with E-state index in [2.05, 4.69) is 46.5 Å². The molecule has 2 aromatic heterocycles. The summed E-state index contributed by atoms with van der Waals surface area (Å²) in [5.74, 6) is 0.523. The van der Waals surface area contributed by atoms with E-state index < -0.39 is 0 Å². The number of hydrogen-bond donors (Lipinski definition) is 1. The molecule has 1 N–H and O–H groups in total. The summed E-state index contributed by atoms with van der Waals surface area (Å²) in [6.45, 7) is 8.17. The van der Waals surface area contributed by atoms with Crippen LogP contribution < -0.4 is 5.32 Å². The van der Waals surface area contributed by atoms with Gasteiger partial charge < -0.3 is 10.2 Å². The van der Waals surface area contributed by atoms with Gasteiger partial charge in [0.1, 0.15) is 18.3 Å². The fourth-order valence-corrected chi connectivity index (χ4v) is 4.90. The van der Waals surface area contributed by atoms with Crippen molar-refractivity contribution in [3.63, 3.8) is 0 Å². The van der Waals surface area contributed by atoms with E-state index in [1.807, 2.05) is 54.3 Å². The number of rotatable bonds is 7. The third-order valence-corrected chi connectivity index (χ3v) is 7.12. The van der Waals surface area contributed by atoms with Crippen molar-refractivity contribution in [3.8, 4) is 5.69 Å². The van der Waals surface area contributed by atoms with Crippen LogP contribution in [0.4, 0.5) is 5.69 Å². The number of benzene rings is 2. The zero-order chi connectivity index (χ0) is 26.6. The molecule has 9 heteroatoms. The maximum Gasteiger partial charge on any atom is 0.273 e. The van der Waals surface area contributed by atoms with Crippen LogP contribution in [0, 0.1) is 0 Å². The number of carbonyl (C=O) groups is 2. The summed E-state index contributed by atoms with van der Waals surface area (Å²) in [6, 6.07) is 17.4. The average molecular weight is 512 g/mol. The Bertz CT molecular complexity index is 1400. The molecule has 38 heavy (non-hydrogen) atoms. The van der Waals surface area contributed by atoms with Gasteiger partial charge >= 0.3 is 0 Å². The quantitative estimate of drug-likeness (QED) is 0.381. The molecule has 0 saturated carbocycles. The highest BCUT2D eigenvalue weighted by Gasteiger charge is 2.25. The van der Waals surface area contributed by atoms with Gasteiger partial charge in [-0.05, 0) is 73.6 Å². The zero-order valence-electron chi connectivity index (χ0n) is 22.0. The molecule has 2 amide bonds. The van der Waals surface area contributed by atoms with E-state index >= 15 is 0 Å². The minimum absolute atomic E-state index is 0.0374. The van der Waals surface area contributed by atoms with Crippen molar-refractivity contribution in [2.24, 2.45) is 0 Å². The molecule has 196 valence electrons. The highest BCUT2D eigenvalue weighted by molar-refractivity contribution is 6.03. The molecule has 0 aliphatic carbocycles. The third-order valence-electron chi connectivity index (χ3n) is 7.12. The van der Waals surface area contributed by atoms with Gasteiger partial charge in [-0.1, -0.05) is 32.0 Å². The molecule has 1 fully saturated rings. The summed E-state index contributed by atoms with van der Waals surface area (Å²) in [6.07, 6.45) is 4.89. The van der Waals surface area contributed by atoms with Crippen LogP contribution in [-0.4, -0.2) is 54.3 Å². The van der Waals surface area contributed by atoms with Crippen molar-refractivity contribution in [2.45, 2.75) is 52.0 Å². The lowest BCUT2D eigenvalue weighted by molar-refractivity contribution is 0.0713. The number of piperidine rings is 1. The molecular weight excluding hydrogens is 478 g/mol. The Hall–Kier alpha value is -4.27. The average Bonchev–Trinajstić information content (AvgIpc) is 3.64. The van der Waals surface area contributed by atoms with Crippen LogP contribution in [-0.2, 0) is 6.54 Å². The van der Waals surface area contributed by atoms with Crippen LogP contribution in [0.5, 0.6) is 0 Å².